The normalized spacial score (nSPS) is 20.0. The maximum Gasteiger partial charge on any atom is 0.304 e. The van der Waals surface area contributed by atoms with E-state index >= 15 is 0 Å². The Morgan fingerprint density at radius 3 is 2.13 bits per heavy atom. The lowest BCUT2D eigenvalue weighted by atomic mass is 9.89. The summed E-state index contributed by atoms with van der Waals surface area (Å²) in [6.07, 6.45) is -0.214. The van der Waals surface area contributed by atoms with E-state index in [1.165, 1.54) is 0 Å². The summed E-state index contributed by atoms with van der Waals surface area (Å²) in [6.45, 7) is 0. The number of benzene rings is 3. The molecule has 150 valence electrons. The third-order valence-corrected chi connectivity index (χ3v) is 5.35. The van der Waals surface area contributed by atoms with E-state index in [-0.39, 0.29) is 18.0 Å². The molecule has 2 unspecified atom stereocenters. The van der Waals surface area contributed by atoms with Crippen LogP contribution in [0.5, 0.6) is 0 Å². The summed E-state index contributed by atoms with van der Waals surface area (Å²) in [5.74, 6) is -1.89. The number of halogens is 1. The minimum Gasteiger partial charge on any atom is -0.481 e. The van der Waals surface area contributed by atoms with Crippen LogP contribution in [-0.2, 0) is 9.59 Å². The first-order valence-corrected chi connectivity index (χ1v) is 9.92. The van der Waals surface area contributed by atoms with Crippen molar-refractivity contribution in [2.45, 2.75) is 12.5 Å². The molecule has 1 fully saturated rings. The number of para-hydroxylation sites is 2. The minimum atomic E-state index is -0.984. The molecule has 0 spiro atoms. The Morgan fingerprint density at radius 1 is 0.933 bits per heavy atom. The number of hydrogen-bond donors (Lipinski definition) is 1. The summed E-state index contributed by atoms with van der Waals surface area (Å²) in [5.41, 5.74) is 2.35. The molecule has 0 saturated carbocycles. The number of carbonyl (C=O) groups is 2. The van der Waals surface area contributed by atoms with Gasteiger partial charge in [0.15, 0.2) is 0 Å². The van der Waals surface area contributed by atoms with E-state index in [9.17, 15) is 14.7 Å². The summed E-state index contributed by atoms with van der Waals surface area (Å²) >= 11 is 6.06. The number of aliphatic carboxylic acids is 1. The maximum atomic E-state index is 13.5. The van der Waals surface area contributed by atoms with Crippen LogP contribution in [0.25, 0.3) is 0 Å². The van der Waals surface area contributed by atoms with E-state index in [1.807, 2.05) is 60.7 Å². The molecule has 0 aromatic heterocycles. The highest BCUT2D eigenvalue weighted by Gasteiger charge is 2.47. The lowest BCUT2D eigenvalue weighted by Gasteiger charge is -2.27. The van der Waals surface area contributed by atoms with Crippen LogP contribution >= 0.6 is 11.6 Å². The molecule has 1 saturated heterocycles. The molecule has 0 radical (unpaired) electrons. The Labute approximate surface area is 179 Å². The molecule has 1 heterocycles. The van der Waals surface area contributed by atoms with Crippen molar-refractivity contribution in [1.82, 2.24) is 0 Å². The quantitative estimate of drug-likeness (QED) is 0.611. The van der Waals surface area contributed by atoms with Gasteiger partial charge in [-0.25, -0.2) is 4.99 Å². The van der Waals surface area contributed by atoms with Crippen LogP contribution in [0.3, 0.4) is 0 Å². The molecule has 4 rings (SSSR count). The Hall–Kier alpha value is -3.44. The van der Waals surface area contributed by atoms with Crippen LogP contribution in [0.4, 0.5) is 11.4 Å². The number of amides is 1. The number of nitrogens with zero attached hydrogens (tertiary/aromatic N) is 2. The number of anilines is 1. The molecule has 1 N–H and O–H groups in total. The van der Waals surface area contributed by atoms with E-state index in [0.717, 1.165) is 5.56 Å². The summed E-state index contributed by atoms with van der Waals surface area (Å²) in [5, 5.41) is 10.2. The molecule has 30 heavy (non-hydrogen) atoms. The van der Waals surface area contributed by atoms with Crippen LogP contribution in [0.2, 0.25) is 5.02 Å². The Balaban J connectivity index is 1.89. The SMILES string of the molecule is O=C(O)CC1C(=Nc2ccccc2)C(=O)N(c2ccccc2)C1c1ccc(Cl)cc1. The van der Waals surface area contributed by atoms with Gasteiger partial charge in [0.2, 0.25) is 0 Å². The molecule has 1 aliphatic heterocycles. The van der Waals surface area contributed by atoms with Gasteiger partial charge >= 0.3 is 5.97 Å². The Bertz CT molecular complexity index is 1080. The largest absolute Gasteiger partial charge is 0.481 e. The number of hydrogen-bond acceptors (Lipinski definition) is 3. The molecule has 1 aliphatic rings. The second-order valence-electron chi connectivity index (χ2n) is 7.04. The number of rotatable bonds is 5. The first-order valence-electron chi connectivity index (χ1n) is 9.54. The minimum absolute atomic E-state index is 0.214. The molecule has 0 bridgehead atoms. The predicted molar refractivity (Wildman–Crippen MR) is 117 cm³/mol. The first kappa shape index (κ1) is 19.9. The molecule has 3 aromatic carbocycles. The zero-order chi connectivity index (χ0) is 21.1. The highest BCUT2D eigenvalue weighted by molar-refractivity contribution is 6.47. The van der Waals surface area contributed by atoms with Crippen LogP contribution in [-0.4, -0.2) is 22.7 Å². The summed E-state index contributed by atoms with van der Waals surface area (Å²) in [7, 11) is 0. The zero-order valence-electron chi connectivity index (χ0n) is 16.0. The van der Waals surface area contributed by atoms with Crippen molar-refractivity contribution in [3.05, 3.63) is 95.5 Å². The number of carboxylic acid groups (broad SMARTS) is 1. The van der Waals surface area contributed by atoms with Crippen molar-refractivity contribution in [1.29, 1.82) is 0 Å². The monoisotopic (exact) mass is 418 g/mol. The Morgan fingerprint density at radius 2 is 1.53 bits per heavy atom. The lowest BCUT2D eigenvalue weighted by Crippen LogP contribution is -2.29. The van der Waals surface area contributed by atoms with Crippen LogP contribution in [0.15, 0.2) is 89.9 Å². The van der Waals surface area contributed by atoms with Crippen molar-refractivity contribution in [3.63, 3.8) is 0 Å². The smallest absolute Gasteiger partial charge is 0.304 e. The van der Waals surface area contributed by atoms with E-state index < -0.39 is 17.9 Å². The molecular formula is C24H19ClN2O3. The van der Waals surface area contributed by atoms with E-state index in [1.54, 1.807) is 29.2 Å². The van der Waals surface area contributed by atoms with Gasteiger partial charge in [-0.2, -0.15) is 0 Å². The van der Waals surface area contributed by atoms with E-state index in [4.69, 9.17) is 11.6 Å². The average molecular weight is 419 g/mol. The van der Waals surface area contributed by atoms with Crippen LogP contribution in [0, 0.1) is 5.92 Å². The molecule has 3 aromatic rings. The topological polar surface area (TPSA) is 70.0 Å². The van der Waals surface area contributed by atoms with Gasteiger partial charge in [0.1, 0.15) is 5.71 Å². The van der Waals surface area contributed by atoms with Gasteiger partial charge in [-0.05, 0) is 42.0 Å². The van der Waals surface area contributed by atoms with Gasteiger partial charge in [0, 0.05) is 16.6 Å². The van der Waals surface area contributed by atoms with Gasteiger partial charge in [-0.3, -0.25) is 14.5 Å². The molecule has 1 amide bonds. The van der Waals surface area contributed by atoms with Gasteiger partial charge in [-0.1, -0.05) is 60.1 Å². The second-order valence-corrected chi connectivity index (χ2v) is 7.48. The van der Waals surface area contributed by atoms with Crippen molar-refractivity contribution in [3.8, 4) is 0 Å². The number of aliphatic imine (C=N–C) groups is 1. The number of carbonyl (C=O) groups excluding carboxylic acids is 1. The van der Waals surface area contributed by atoms with Gasteiger partial charge in [0.25, 0.3) is 5.91 Å². The fraction of sp³-hybridized carbons (Fsp3) is 0.125. The van der Waals surface area contributed by atoms with Crippen LogP contribution < -0.4 is 4.90 Å². The third kappa shape index (κ3) is 3.98. The van der Waals surface area contributed by atoms with Crippen molar-refractivity contribution in [2.75, 3.05) is 4.90 Å². The fourth-order valence-electron chi connectivity index (χ4n) is 3.81. The van der Waals surface area contributed by atoms with Crippen molar-refractivity contribution in [2.24, 2.45) is 10.9 Å². The first-order chi connectivity index (χ1) is 14.5. The van der Waals surface area contributed by atoms with E-state index in [0.29, 0.717) is 16.4 Å². The second kappa shape index (κ2) is 8.51. The molecule has 2 atom stereocenters. The molecule has 6 heteroatoms. The maximum absolute atomic E-state index is 13.5. The summed E-state index contributed by atoms with van der Waals surface area (Å²) < 4.78 is 0. The van der Waals surface area contributed by atoms with Gasteiger partial charge < -0.3 is 5.11 Å². The highest BCUT2D eigenvalue weighted by Crippen LogP contribution is 2.42. The summed E-state index contributed by atoms with van der Waals surface area (Å²) in [6, 6.07) is 25.0. The fourth-order valence-corrected chi connectivity index (χ4v) is 3.94. The average Bonchev–Trinajstić information content (AvgIpc) is 3.01. The van der Waals surface area contributed by atoms with Gasteiger partial charge in [-0.15, -0.1) is 0 Å². The standard InChI is InChI=1S/C24H19ClN2O3/c25-17-13-11-16(12-14-17)23-20(15-21(28)29)22(26-18-7-3-1-4-8-18)24(30)27(23)19-9-5-2-6-10-19/h1-14,20,23H,15H2,(H,28,29). The van der Waals surface area contributed by atoms with Crippen molar-refractivity contribution < 1.29 is 14.7 Å². The summed E-state index contributed by atoms with van der Waals surface area (Å²) in [4.78, 5) is 31.5. The highest BCUT2D eigenvalue weighted by atomic mass is 35.5. The molecule has 5 nitrogen and oxygen atoms in total. The Kier molecular flexibility index (Phi) is 5.63. The van der Waals surface area contributed by atoms with Crippen molar-refractivity contribution >= 4 is 40.6 Å². The third-order valence-electron chi connectivity index (χ3n) is 5.09. The van der Waals surface area contributed by atoms with Crippen LogP contribution in [0.1, 0.15) is 18.0 Å². The zero-order valence-corrected chi connectivity index (χ0v) is 16.7. The molecular weight excluding hydrogens is 400 g/mol. The molecule has 0 aliphatic carbocycles. The number of carboxylic acids is 1. The van der Waals surface area contributed by atoms with Gasteiger partial charge in [0.05, 0.1) is 18.2 Å². The predicted octanol–water partition coefficient (Wildman–Crippen LogP) is 5.29. The van der Waals surface area contributed by atoms with E-state index in [2.05, 4.69) is 4.99 Å². The lowest BCUT2D eigenvalue weighted by molar-refractivity contribution is -0.137.